The van der Waals surface area contributed by atoms with Crippen molar-refractivity contribution in [1.82, 2.24) is 10.3 Å². The average Bonchev–Trinajstić information content (AvgIpc) is 2.49. The fraction of sp³-hybridized carbons (Fsp3) is 0.600. The highest BCUT2D eigenvalue weighted by Crippen LogP contribution is 2.30. The van der Waals surface area contributed by atoms with Crippen LogP contribution in [0, 0.1) is 0 Å². The Hall–Kier alpha value is -1.79. The number of amides is 1. The molecule has 0 spiro atoms. The van der Waals surface area contributed by atoms with Gasteiger partial charge < -0.3 is 10.1 Å². The molecule has 1 aliphatic rings. The Labute approximate surface area is 127 Å². The third kappa shape index (κ3) is 4.61. The van der Waals surface area contributed by atoms with E-state index in [1.165, 1.54) is 6.07 Å². The van der Waals surface area contributed by atoms with Crippen molar-refractivity contribution in [3.8, 4) is 5.88 Å². The summed E-state index contributed by atoms with van der Waals surface area (Å²) in [6.45, 7) is 1.81. The van der Waals surface area contributed by atoms with E-state index >= 15 is 0 Å². The molecule has 22 heavy (non-hydrogen) atoms. The summed E-state index contributed by atoms with van der Waals surface area (Å²) in [5.74, 6) is 0.239. The molecule has 1 N–H and O–H groups in total. The van der Waals surface area contributed by atoms with Gasteiger partial charge in [-0.2, -0.15) is 13.2 Å². The first-order valence-electron chi connectivity index (χ1n) is 7.37. The molecular weight excluding hydrogens is 297 g/mol. The molecule has 1 heterocycles. The van der Waals surface area contributed by atoms with Crippen LogP contribution in [-0.2, 0) is 11.0 Å². The van der Waals surface area contributed by atoms with Crippen LogP contribution < -0.4 is 10.1 Å². The number of hydrogen-bond acceptors (Lipinski definition) is 3. The minimum Gasteiger partial charge on any atom is -0.474 e. The molecule has 1 aromatic rings. The number of pyridine rings is 1. The largest absolute Gasteiger partial charge is 0.474 e. The maximum absolute atomic E-state index is 12.4. The Morgan fingerprint density at radius 2 is 2.00 bits per heavy atom. The first kappa shape index (κ1) is 16.6. The third-order valence-electron chi connectivity index (χ3n) is 3.71. The first-order chi connectivity index (χ1) is 10.4. The van der Waals surface area contributed by atoms with Crippen LogP contribution in [0.5, 0.6) is 5.88 Å². The molecular formula is C15H19F3N2O2. The molecule has 122 valence electrons. The zero-order valence-electron chi connectivity index (χ0n) is 12.3. The number of hydrogen-bond donors (Lipinski definition) is 1. The Balaban J connectivity index is 1.82. The number of carbonyl (C=O) groups is 1. The molecule has 1 amide bonds. The number of rotatable bonds is 4. The normalized spacial score (nSPS) is 22.2. The quantitative estimate of drug-likeness (QED) is 0.927. The molecule has 4 nitrogen and oxygen atoms in total. The van der Waals surface area contributed by atoms with E-state index in [9.17, 15) is 18.0 Å². The van der Waals surface area contributed by atoms with Crippen LogP contribution in [0.25, 0.3) is 0 Å². The Morgan fingerprint density at radius 3 is 2.50 bits per heavy atom. The van der Waals surface area contributed by atoms with E-state index in [1.54, 1.807) is 6.92 Å². The summed E-state index contributed by atoms with van der Waals surface area (Å²) < 4.78 is 42.9. The first-order valence-corrected chi connectivity index (χ1v) is 7.37. The Morgan fingerprint density at radius 1 is 1.32 bits per heavy atom. The zero-order valence-corrected chi connectivity index (χ0v) is 12.3. The molecule has 0 aromatic carbocycles. The molecule has 2 rings (SSSR count). The lowest BCUT2D eigenvalue weighted by atomic mass is 9.93. The van der Waals surface area contributed by atoms with E-state index < -0.39 is 11.7 Å². The third-order valence-corrected chi connectivity index (χ3v) is 3.71. The second kappa shape index (κ2) is 6.98. The minimum absolute atomic E-state index is 0.0359. The van der Waals surface area contributed by atoms with Crippen molar-refractivity contribution in [2.24, 2.45) is 0 Å². The monoisotopic (exact) mass is 316 g/mol. The molecule has 0 unspecified atom stereocenters. The molecule has 1 saturated carbocycles. The van der Waals surface area contributed by atoms with Gasteiger partial charge in [-0.1, -0.05) is 6.92 Å². The molecule has 1 aliphatic carbocycles. The van der Waals surface area contributed by atoms with E-state index in [-0.39, 0.29) is 23.9 Å². The van der Waals surface area contributed by atoms with Gasteiger partial charge >= 0.3 is 6.18 Å². The van der Waals surface area contributed by atoms with E-state index in [2.05, 4.69) is 10.3 Å². The summed E-state index contributed by atoms with van der Waals surface area (Å²) in [7, 11) is 0. The highest BCUT2D eigenvalue weighted by molar-refractivity contribution is 5.75. The fourth-order valence-electron chi connectivity index (χ4n) is 2.44. The summed E-state index contributed by atoms with van der Waals surface area (Å²) in [5.41, 5.74) is -0.786. The number of nitrogens with zero attached hydrogens (tertiary/aromatic N) is 1. The molecule has 1 fully saturated rings. The van der Waals surface area contributed by atoms with Crippen LogP contribution in [0.1, 0.15) is 44.6 Å². The van der Waals surface area contributed by atoms with Gasteiger partial charge in [0, 0.05) is 24.7 Å². The predicted molar refractivity (Wildman–Crippen MR) is 74.3 cm³/mol. The van der Waals surface area contributed by atoms with Crippen LogP contribution in [0.15, 0.2) is 18.3 Å². The lowest BCUT2D eigenvalue weighted by molar-refractivity contribution is -0.137. The average molecular weight is 316 g/mol. The summed E-state index contributed by atoms with van der Waals surface area (Å²) in [6.07, 6.45) is -0.114. The van der Waals surface area contributed by atoms with Gasteiger partial charge in [0.2, 0.25) is 11.8 Å². The van der Waals surface area contributed by atoms with Gasteiger partial charge in [0.15, 0.2) is 0 Å². The van der Waals surface area contributed by atoms with Crippen molar-refractivity contribution in [3.63, 3.8) is 0 Å². The van der Waals surface area contributed by atoms with Crippen molar-refractivity contribution < 1.29 is 22.7 Å². The topological polar surface area (TPSA) is 51.2 Å². The predicted octanol–water partition coefficient (Wildman–Crippen LogP) is 3.32. The summed E-state index contributed by atoms with van der Waals surface area (Å²) >= 11 is 0. The molecule has 1 aromatic heterocycles. The van der Waals surface area contributed by atoms with Gasteiger partial charge in [-0.25, -0.2) is 4.98 Å². The van der Waals surface area contributed by atoms with Crippen molar-refractivity contribution in [3.05, 3.63) is 23.9 Å². The summed E-state index contributed by atoms with van der Waals surface area (Å²) in [6, 6.07) is 2.37. The molecule has 0 atom stereocenters. The second-order valence-corrected chi connectivity index (χ2v) is 5.40. The molecule has 0 bridgehead atoms. The van der Waals surface area contributed by atoms with Crippen LogP contribution >= 0.6 is 0 Å². The van der Waals surface area contributed by atoms with Gasteiger partial charge in [0.25, 0.3) is 0 Å². The SMILES string of the molecule is CCC(=O)NC1CCC(Oc2ccc(C(F)(F)F)cn2)CC1. The Kier molecular flexibility index (Phi) is 5.26. The second-order valence-electron chi connectivity index (χ2n) is 5.40. The van der Waals surface area contributed by atoms with Gasteiger partial charge in [-0.3, -0.25) is 4.79 Å². The van der Waals surface area contributed by atoms with Crippen molar-refractivity contribution >= 4 is 5.91 Å². The number of halogens is 3. The molecule has 0 radical (unpaired) electrons. The molecule has 0 aliphatic heterocycles. The van der Waals surface area contributed by atoms with Crippen molar-refractivity contribution in [2.75, 3.05) is 0 Å². The lowest BCUT2D eigenvalue weighted by Crippen LogP contribution is -2.39. The maximum atomic E-state index is 12.4. The minimum atomic E-state index is -4.39. The number of carbonyl (C=O) groups excluding carboxylic acids is 1. The summed E-state index contributed by atoms with van der Waals surface area (Å²) in [4.78, 5) is 15.0. The molecule has 7 heteroatoms. The number of alkyl halides is 3. The van der Waals surface area contributed by atoms with E-state index in [4.69, 9.17) is 4.74 Å². The zero-order chi connectivity index (χ0) is 16.2. The van der Waals surface area contributed by atoms with Crippen molar-refractivity contribution in [1.29, 1.82) is 0 Å². The van der Waals surface area contributed by atoms with E-state index in [0.717, 1.165) is 37.9 Å². The van der Waals surface area contributed by atoms with Crippen LogP contribution in [0.3, 0.4) is 0 Å². The highest BCUT2D eigenvalue weighted by Gasteiger charge is 2.31. The van der Waals surface area contributed by atoms with Crippen LogP contribution in [0.2, 0.25) is 0 Å². The van der Waals surface area contributed by atoms with Crippen LogP contribution in [-0.4, -0.2) is 23.0 Å². The number of ether oxygens (including phenoxy) is 1. The Bertz CT molecular complexity index is 495. The summed E-state index contributed by atoms with van der Waals surface area (Å²) in [5, 5.41) is 2.94. The number of nitrogens with one attached hydrogen (secondary N) is 1. The van der Waals surface area contributed by atoms with Gasteiger partial charge in [-0.05, 0) is 31.7 Å². The van der Waals surface area contributed by atoms with E-state index in [1.807, 2.05) is 0 Å². The van der Waals surface area contributed by atoms with Gasteiger partial charge in [0.05, 0.1) is 5.56 Å². The smallest absolute Gasteiger partial charge is 0.417 e. The van der Waals surface area contributed by atoms with Gasteiger partial charge in [-0.15, -0.1) is 0 Å². The maximum Gasteiger partial charge on any atom is 0.417 e. The lowest BCUT2D eigenvalue weighted by Gasteiger charge is -2.29. The fourth-order valence-corrected chi connectivity index (χ4v) is 2.44. The molecule has 0 saturated heterocycles. The van der Waals surface area contributed by atoms with Crippen molar-refractivity contribution in [2.45, 2.75) is 57.3 Å². The van der Waals surface area contributed by atoms with E-state index in [0.29, 0.717) is 6.42 Å². The number of aromatic nitrogens is 1. The van der Waals surface area contributed by atoms with Crippen LogP contribution in [0.4, 0.5) is 13.2 Å². The van der Waals surface area contributed by atoms with Gasteiger partial charge in [0.1, 0.15) is 6.10 Å². The standard InChI is InChI=1S/C15H19F3N2O2/c1-2-13(21)20-11-4-6-12(7-5-11)22-14-8-3-10(9-19-14)15(16,17)18/h3,8-9,11-12H,2,4-7H2,1H3,(H,20,21). The highest BCUT2D eigenvalue weighted by atomic mass is 19.4.